The number of nitrogens with zero attached hydrogens (tertiary/aromatic N) is 2. The second kappa shape index (κ2) is 6.71. The Balaban J connectivity index is 1.89. The Kier molecular flexibility index (Phi) is 4.30. The van der Waals surface area contributed by atoms with Crippen LogP contribution in [0.2, 0.25) is 0 Å². The van der Waals surface area contributed by atoms with Crippen LogP contribution in [-0.2, 0) is 0 Å². The van der Waals surface area contributed by atoms with E-state index in [2.05, 4.69) is 16.4 Å². The van der Waals surface area contributed by atoms with Gasteiger partial charge in [-0.3, -0.25) is 9.78 Å². The topological polar surface area (TPSA) is 65.8 Å². The molecule has 0 aliphatic carbocycles. The predicted molar refractivity (Wildman–Crippen MR) is 88.7 cm³/mol. The minimum Gasteiger partial charge on any atom is -0.319 e. The Hall–Kier alpha value is -3.52. The zero-order chi connectivity index (χ0) is 16.9. The van der Waals surface area contributed by atoms with Gasteiger partial charge in [-0.25, -0.2) is 4.39 Å². The molecule has 1 aromatic heterocycles. The van der Waals surface area contributed by atoms with E-state index in [1.165, 1.54) is 18.3 Å². The summed E-state index contributed by atoms with van der Waals surface area (Å²) in [5.41, 5.74) is 2.54. The van der Waals surface area contributed by atoms with Crippen molar-refractivity contribution in [2.24, 2.45) is 0 Å². The van der Waals surface area contributed by atoms with Crippen LogP contribution in [0.15, 0.2) is 66.9 Å². The van der Waals surface area contributed by atoms with Crippen LogP contribution in [0.4, 0.5) is 10.1 Å². The third kappa shape index (κ3) is 3.28. The lowest BCUT2D eigenvalue weighted by Crippen LogP contribution is -2.14. The largest absolute Gasteiger partial charge is 0.319 e. The molecule has 4 nitrogen and oxygen atoms in total. The normalized spacial score (nSPS) is 10.0. The molecule has 0 saturated carbocycles. The molecule has 24 heavy (non-hydrogen) atoms. The number of hydrogen-bond acceptors (Lipinski definition) is 3. The molecule has 116 valence electrons. The van der Waals surface area contributed by atoms with Gasteiger partial charge >= 0.3 is 0 Å². The number of carbonyl (C=O) groups is 1. The number of halogens is 1. The Bertz CT molecular complexity index is 916. The van der Waals surface area contributed by atoms with Gasteiger partial charge in [-0.15, -0.1) is 0 Å². The maximum Gasteiger partial charge on any atom is 0.274 e. The fourth-order valence-corrected chi connectivity index (χ4v) is 2.25. The second-order valence-corrected chi connectivity index (χ2v) is 5.05. The summed E-state index contributed by atoms with van der Waals surface area (Å²) in [6.07, 6.45) is 1.53. The molecule has 0 unspecified atom stereocenters. The van der Waals surface area contributed by atoms with Gasteiger partial charge in [-0.1, -0.05) is 24.3 Å². The first-order valence-corrected chi connectivity index (χ1v) is 7.20. The molecule has 0 radical (unpaired) electrons. The Morgan fingerprint density at radius 1 is 1.04 bits per heavy atom. The van der Waals surface area contributed by atoms with Crippen LogP contribution in [0, 0.1) is 17.1 Å². The molecule has 0 saturated heterocycles. The van der Waals surface area contributed by atoms with E-state index >= 15 is 0 Å². The number of rotatable bonds is 3. The minimum absolute atomic E-state index is 0.268. The quantitative estimate of drug-likeness (QED) is 0.793. The van der Waals surface area contributed by atoms with Gasteiger partial charge in [-0.05, 0) is 47.5 Å². The number of nitrogens with one attached hydrogen (secondary N) is 1. The van der Waals surface area contributed by atoms with Gasteiger partial charge in [0.25, 0.3) is 5.91 Å². The van der Waals surface area contributed by atoms with Crippen LogP contribution in [0.5, 0.6) is 0 Å². The van der Waals surface area contributed by atoms with E-state index in [1.807, 2.05) is 0 Å². The summed E-state index contributed by atoms with van der Waals surface area (Å²) in [5, 5.41) is 12.0. The third-order valence-corrected chi connectivity index (χ3v) is 3.46. The number of anilines is 1. The molecular weight excluding hydrogens is 305 g/mol. The van der Waals surface area contributed by atoms with Crippen molar-refractivity contribution in [1.82, 2.24) is 4.98 Å². The van der Waals surface area contributed by atoms with E-state index in [0.29, 0.717) is 11.3 Å². The summed E-state index contributed by atoms with van der Waals surface area (Å²) in [6, 6.07) is 18.1. The van der Waals surface area contributed by atoms with Crippen molar-refractivity contribution in [3.8, 4) is 17.2 Å². The molecule has 0 aliphatic heterocycles. The van der Waals surface area contributed by atoms with Gasteiger partial charge in [0.1, 0.15) is 17.6 Å². The first-order valence-electron chi connectivity index (χ1n) is 7.20. The summed E-state index contributed by atoms with van der Waals surface area (Å²) >= 11 is 0. The van der Waals surface area contributed by atoms with Gasteiger partial charge in [0, 0.05) is 6.20 Å². The number of carbonyl (C=O) groups excluding carboxylic acids is 1. The number of amides is 1. The molecule has 0 atom stereocenters. The average Bonchev–Trinajstić information content (AvgIpc) is 2.63. The number of nitriles is 1. The SMILES string of the molecule is N#Cc1cc(-c2ccc(F)cc2)ccc1NC(=O)c1ccccn1. The fourth-order valence-electron chi connectivity index (χ4n) is 2.25. The molecule has 1 N–H and O–H groups in total. The Labute approximate surface area is 138 Å². The second-order valence-electron chi connectivity index (χ2n) is 5.05. The van der Waals surface area contributed by atoms with E-state index in [-0.39, 0.29) is 17.4 Å². The highest BCUT2D eigenvalue weighted by atomic mass is 19.1. The van der Waals surface area contributed by atoms with Gasteiger partial charge in [-0.2, -0.15) is 5.26 Å². The van der Waals surface area contributed by atoms with Crippen molar-refractivity contribution in [2.75, 3.05) is 5.32 Å². The van der Waals surface area contributed by atoms with Crippen molar-refractivity contribution >= 4 is 11.6 Å². The molecule has 2 aromatic carbocycles. The lowest BCUT2D eigenvalue weighted by atomic mass is 10.0. The molecule has 5 heteroatoms. The zero-order valence-electron chi connectivity index (χ0n) is 12.5. The first kappa shape index (κ1) is 15.4. The summed E-state index contributed by atoms with van der Waals surface area (Å²) in [6.45, 7) is 0. The fraction of sp³-hybridized carbons (Fsp3) is 0. The van der Waals surface area contributed by atoms with Crippen LogP contribution in [-0.4, -0.2) is 10.9 Å². The molecule has 1 amide bonds. The van der Waals surface area contributed by atoms with Crippen LogP contribution < -0.4 is 5.32 Å². The van der Waals surface area contributed by atoms with Crippen molar-refractivity contribution < 1.29 is 9.18 Å². The first-order chi connectivity index (χ1) is 11.7. The molecule has 0 fully saturated rings. The highest BCUT2D eigenvalue weighted by Gasteiger charge is 2.11. The number of aromatic nitrogens is 1. The van der Waals surface area contributed by atoms with Crippen LogP contribution in [0.1, 0.15) is 16.1 Å². The van der Waals surface area contributed by atoms with Gasteiger partial charge in [0.2, 0.25) is 0 Å². The highest BCUT2D eigenvalue weighted by Crippen LogP contribution is 2.25. The Morgan fingerprint density at radius 3 is 2.46 bits per heavy atom. The number of benzene rings is 2. The molecule has 3 aromatic rings. The summed E-state index contributed by atoms with van der Waals surface area (Å²) in [5.74, 6) is -0.708. The maximum atomic E-state index is 13.0. The molecule has 3 rings (SSSR count). The molecule has 1 heterocycles. The summed E-state index contributed by atoms with van der Waals surface area (Å²) < 4.78 is 13.0. The van der Waals surface area contributed by atoms with E-state index in [0.717, 1.165) is 11.1 Å². The van der Waals surface area contributed by atoms with Crippen molar-refractivity contribution in [2.45, 2.75) is 0 Å². The monoisotopic (exact) mass is 317 g/mol. The zero-order valence-corrected chi connectivity index (χ0v) is 12.5. The summed E-state index contributed by atoms with van der Waals surface area (Å²) in [4.78, 5) is 16.1. The van der Waals surface area contributed by atoms with Gasteiger partial charge in [0.05, 0.1) is 11.3 Å². The third-order valence-electron chi connectivity index (χ3n) is 3.46. The number of pyridine rings is 1. The Morgan fingerprint density at radius 2 is 1.79 bits per heavy atom. The molecule has 0 bridgehead atoms. The van der Waals surface area contributed by atoms with E-state index in [4.69, 9.17) is 0 Å². The van der Waals surface area contributed by atoms with Crippen LogP contribution in [0.3, 0.4) is 0 Å². The van der Waals surface area contributed by atoms with Crippen LogP contribution in [0.25, 0.3) is 11.1 Å². The van der Waals surface area contributed by atoms with E-state index in [9.17, 15) is 14.4 Å². The van der Waals surface area contributed by atoms with E-state index < -0.39 is 0 Å². The predicted octanol–water partition coefficient (Wildman–Crippen LogP) is 4.01. The lowest BCUT2D eigenvalue weighted by Gasteiger charge is -2.09. The smallest absolute Gasteiger partial charge is 0.274 e. The summed E-state index contributed by atoms with van der Waals surface area (Å²) in [7, 11) is 0. The molecule has 0 spiro atoms. The lowest BCUT2D eigenvalue weighted by molar-refractivity contribution is 0.102. The van der Waals surface area contributed by atoms with Gasteiger partial charge in [0.15, 0.2) is 0 Å². The maximum absolute atomic E-state index is 13.0. The van der Waals surface area contributed by atoms with Gasteiger partial charge < -0.3 is 5.32 Å². The standard InChI is InChI=1S/C19H12FN3O/c20-16-7-4-13(5-8-16)14-6-9-17(15(11-14)12-21)23-19(24)18-3-1-2-10-22-18/h1-11H,(H,23,24). The van der Waals surface area contributed by atoms with Crippen molar-refractivity contribution in [3.05, 3.63) is 83.9 Å². The molecular formula is C19H12FN3O. The highest BCUT2D eigenvalue weighted by molar-refractivity contribution is 6.03. The van der Waals surface area contributed by atoms with Crippen molar-refractivity contribution in [1.29, 1.82) is 5.26 Å². The molecule has 0 aliphatic rings. The van der Waals surface area contributed by atoms with Crippen molar-refractivity contribution in [3.63, 3.8) is 0 Å². The van der Waals surface area contributed by atoms with Crippen LogP contribution >= 0.6 is 0 Å². The minimum atomic E-state index is -0.387. The number of hydrogen-bond donors (Lipinski definition) is 1. The average molecular weight is 317 g/mol. The van der Waals surface area contributed by atoms with E-state index in [1.54, 1.807) is 48.5 Å².